The highest BCUT2D eigenvalue weighted by atomic mass is 35.5. The summed E-state index contributed by atoms with van der Waals surface area (Å²) in [6.07, 6.45) is -4.88. The second kappa shape index (κ2) is 7.28. The van der Waals surface area contributed by atoms with Gasteiger partial charge in [-0.25, -0.2) is 14.3 Å². The molecule has 0 saturated heterocycles. The van der Waals surface area contributed by atoms with Crippen molar-refractivity contribution in [3.8, 4) is 17.1 Å². The van der Waals surface area contributed by atoms with E-state index >= 15 is 0 Å². The van der Waals surface area contributed by atoms with Crippen LogP contribution in [0.1, 0.15) is 11.3 Å². The fourth-order valence-electron chi connectivity index (χ4n) is 3.14. The van der Waals surface area contributed by atoms with E-state index in [1.165, 1.54) is 12.1 Å². The summed E-state index contributed by atoms with van der Waals surface area (Å²) in [5.41, 5.74) is -1.75. The SMILES string of the molecule is Cc1ccc2nc(-c3cc(-n4c(=O)cc(C(F)(F)F)n(C)c4=O)c(Cl)cc3Cl)oc2c1. The number of halogens is 5. The summed E-state index contributed by atoms with van der Waals surface area (Å²) in [6, 6.07) is 8.23. The molecule has 0 aliphatic heterocycles. The van der Waals surface area contributed by atoms with E-state index in [0.717, 1.165) is 12.6 Å². The third kappa shape index (κ3) is 3.64. The molecule has 6 nitrogen and oxygen atoms in total. The quantitative estimate of drug-likeness (QED) is 0.415. The Labute approximate surface area is 182 Å². The molecular weight excluding hydrogens is 458 g/mol. The van der Waals surface area contributed by atoms with Gasteiger partial charge in [-0.05, 0) is 36.8 Å². The van der Waals surface area contributed by atoms with Crippen LogP contribution in [0.3, 0.4) is 0 Å². The maximum Gasteiger partial charge on any atom is 0.431 e. The van der Waals surface area contributed by atoms with Crippen LogP contribution in [0.4, 0.5) is 13.2 Å². The first-order valence-corrected chi connectivity index (χ1v) is 9.50. The Morgan fingerprint density at radius 2 is 1.74 bits per heavy atom. The number of nitrogens with zero attached hydrogens (tertiary/aromatic N) is 3. The number of aromatic nitrogens is 3. The Balaban J connectivity index is 1.96. The molecule has 0 fully saturated rings. The van der Waals surface area contributed by atoms with Crippen LogP contribution in [0.15, 0.2) is 50.4 Å². The standard InChI is InChI=1S/C20H12Cl2F3N3O3/c1-9-3-4-13-15(5-9)31-18(26-13)10-6-14(12(22)7-11(10)21)28-17(29)8-16(20(23,24)25)27(2)19(28)30/h3-8H,1-2H3. The fourth-order valence-corrected chi connectivity index (χ4v) is 3.69. The van der Waals surface area contributed by atoms with Gasteiger partial charge in [-0.15, -0.1) is 0 Å². The van der Waals surface area contributed by atoms with Crippen LogP contribution in [-0.2, 0) is 13.2 Å². The highest BCUT2D eigenvalue weighted by Gasteiger charge is 2.35. The second-order valence-corrected chi connectivity index (χ2v) is 7.63. The molecule has 2 aromatic heterocycles. The first-order chi connectivity index (χ1) is 14.5. The summed E-state index contributed by atoms with van der Waals surface area (Å²) in [6.45, 7) is 1.88. The molecule has 0 bridgehead atoms. The molecule has 4 aromatic rings. The zero-order valence-corrected chi connectivity index (χ0v) is 17.4. The Kier molecular flexibility index (Phi) is 4.98. The van der Waals surface area contributed by atoms with E-state index in [2.05, 4.69) is 4.98 Å². The first-order valence-electron chi connectivity index (χ1n) is 8.74. The monoisotopic (exact) mass is 469 g/mol. The van der Waals surface area contributed by atoms with E-state index < -0.39 is 23.1 Å². The van der Waals surface area contributed by atoms with Crippen molar-refractivity contribution in [2.75, 3.05) is 0 Å². The molecule has 0 aliphatic rings. The molecule has 0 atom stereocenters. The minimum Gasteiger partial charge on any atom is -0.436 e. The van der Waals surface area contributed by atoms with E-state index in [9.17, 15) is 22.8 Å². The van der Waals surface area contributed by atoms with Gasteiger partial charge < -0.3 is 4.42 Å². The lowest BCUT2D eigenvalue weighted by Gasteiger charge is -2.15. The number of hydrogen-bond donors (Lipinski definition) is 0. The van der Waals surface area contributed by atoms with E-state index in [0.29, 0.717) is 26.3 Å². The largest absolute Gasteiger partial charge is 0.436 e. The lowest BCUT2D eigenvalue weighted by molar-refractivity contribution is -0.144. The normalized spacial score (nSPS) is 12.0. The number of alkyl halides is 3. The van der Waals surface area contributed by atoms with Crippen LogP contribution in [-0.4, -0.2) is 14.1 Å². The van der Waals surface area contributed by atoms with Crippen LogP contribution in [0.25, 0.3) is 28.2 Å². The van der Waals surface area contributed by atoms with Gasteiger partial charge in [0.25, 0.3) is 5.56 Å². The Morgan fingerprint density at radius 1 is 1.03 bits per heavy atom. The highest BCUT2D eigenvalue weighted by Crippen LogP contribution is 2.35. The highest BCUT2D eigenvalue weighted by molar-refractivity contribution is 6.37. The van der Waals surface area contributed by atoms with Crippen LogP contribution in [0.5, 0.6) is 0 Å². The second-order valence-electron chi connectivity index (χ2n) is 6.82. The Hall–Kier alpha value is -3.04. The third-order valence-corrected chi connectivity index (χ3v) is 5.28. The first kappa shape index (κ1) is 21.2. The van der Waals surface area contributed by atoms with Gasteiger partial charge in [-0.3, -0.25) is 9.36 Å². The minimum atomic E-state index is -4.88. The molecule has 0 amide bonds. The van der Waals surface area contributed by atoms with Gasteiger partial charge in [0.1, 0.15) is 11.2 Å². The summed E-state index contributed by atoms with van der Waals surface area (Å²) in [4.78, 5) is 29.4. The smallest absolute Gasteiger partial charge is 0.431 e. The predicted octanol–water partition coefficient (Wildman–Crippen LogP) is 4.98. The van der Waals surface area contributed by atoms with Gasteiger partial charge in [0.2, 0.25) is 5.89 Å². The van der Waals surface area contributed by atoms with E-state index in [4.69, 9.17) is 27.6 Å². The van der Waals surface area contributed by atoms with Crippen LogP contribution in [0, 0.1) is 6.92 Å². The molecule has 0 spiro atoms. The van der Waals surface area contributed by atoms with Crippen molar-refractivity contribution in [3.05, 3.63) is 78.5 Å². The lowest BCUT2D eigenvalue weighted by atomic mass is 10.2. The fraction of sp³-hybridized carbons (Fsp3) is 0.150. The zero-order valence-electron chi connectivity index (χ0n) is 15.9. The maximum absolute atomic E-state index is 13.1. The average Bonchev–Trinajstić information content (AvgIpc) is 3.08. The van der Waals surface area contributed by atoms with Gasteiger partial charge in [-0.2, -0.15) is 13.2 Å². The van der Waals surface area contributed by atoms with E-state index in [1.54, 1.807) is 12.1 Å². The van der Waals surface area contributed by atoms with E-state index in [-0.39, 0.29) is 27.2 Å². The van der Waals surface area contributed by atoms with E-state index in [1.807, 2.05) is 13.0 Å². The van der Waals surface area contributed by atoms with Crippen LogP contribution in [0.2, 0.25) is 10.0 Å². The molecule has 0 radical (unpaired) electrons. The topological polar surface area (TPSA) is 70.0 Å². The lowest BCUT2D eigenvalue weighted by Crippen LogP contribution is -2.40. The molecule has 0 unspecified atom stereocenters. The molecule has 4 rings (SSSR count). The van der Waals surface area contributed by atoms with Gasteiger partial charge in [0.05, 0.1) is 21.3 Å². The van der Waals surface area contributed by atoms with Crippen molar-refractivity contribution in [2.24, 2.45) is 7.05 Å². The number of rotatable bonds is 2. The average molecular weight is 470 g/mol. The minimum absolute atomic E-state index is 0.0975. The van der Waals surface area contributed by atoms with Crippen molar-refractivity contribution in [1.29, 1.82) is 0 Å². The molecule has 11 heteroatoms. The van der Waals surface area contributed by atoms with Crippen molar-refractivity contribution < 1.29 is 17.6 Å². The predicted molar refractivity (Wildman–Crippen MR) is 110 cm³/mol. The van der Waals surface area contributed by atoms with Crippen LogP contribution < -0.4 is 11.2 Å². The number of hydrogen-bond acceptors (Lipinski definition) is 4. The van der Waals surface area contributed by atoms with Gasteiger partial charge in [0, 0.05) is 13.1 Å². The Morgan fingerprint density at radius 3 is 2.42 bits per heavy atom. The van der Waals surface area contributed by atoms with Gasteiger partial charge >= 0.3 is 11.9 Å². The van der Waals surface area contributed by atoms with Crippen molar-refractivity contribution >= 4 is 34.3 Å². The van der Waals surface area contributed by atoms with Crippen LogP contribution >= 0.6 is 23.2 Å². The summed E-state index contributed by atoms with van der Waals surface area (Å²) >= 11 is 12.5. The van der Waals surface area contributed by atoms with Crippen molar-refractivity contribution in [1.82, 2.24) is 14.1 Å². The molecule has 0 aliphatic carbocycles. The number of aryl methyl sites for hydroxylation is 1. The number of oxazole rings is 1. The summed E-state index contributed by atoms with van der Waals surface area (Å²) in [7, 11) is 0.912. The molecule has 2 heterocycles. The molecule has 2 aromatic carbocycles. The molecule has 0 N–H and O–H groups in total. The van der Waals surface area contributed by atoms with Crippen molar-refractivity contribution in [2.45, 2.75) is 13.1 Å². The Bertz CT molecular complexity index is 1470. The zero-order chi connectivity index (χ0) is 22.7. The molecule has 160 valence electrons. The summed E-state index contributed by atoms with van der Waals surface area (Å²) in [5, 5.41) is 0.00785. The third-order valence-electron chi connectivity index (χ3n) is 4.66. The van der Waals surface area contributed by atoms with Crippen molar-refractivity contribution in [3.63, 3.8) is 0 Å². The van der Waals surface area contributed by atoms with Gasteiger partial charge in [-0.1, -0.05) is 29.3 Å². The van der Waals surface area contributed by atoms with Gasteiger partial charge in [0.15, 0.2) is 5.58 Å². The number of fused-ring (bicyclic) bond motifs is 1. The molecular formula is C20H12Cl2F3N3O3. The molecule has 31 heavy (non-hydrogen) atoms. The molecule has 0 saturated carbocycles. The summed E-state index contributed by atoms with van der Waals surface area (Å²) < 4.78 is 46.0. The maximum atomic E-state index is 13.1. The summed E-state index contributed by atoms with van der Waals surface area (Å²) in [5.74, 6) is 0.0975. The number of benzene rings is 2.